The van der Waals surface area contributed by atoms with Crippen molar-refractivity contribution >= 4 is 39.4 Å². The lowest BCUT2D eigenvalue weighted by Crippen LogP contribution is -2.22. The summed E-state index contributed by atoms with van der Waals surface area (Å²) in [5, 5.41) is 1.96. The average Bonchev–Trinajstić information content (AvgIpc) is 3.27. The van der Waals surface area contributed by atoms with E-state index in [4.69, 9.17) is 4.98 Å². The molecule has 2 aromatic heterocycles. The summed E-state index contributed by atoms with van der Waals surface area (Å²) in [6.07, 6.45) is 2.67. The molecule has 0 radical (unpaired) electrons. The van der Waals surface area contributed by atoms with Crippen LogP contribution in [0.5, 0.6) is 0 Å². The number of fused-ring (bicyclic) bond motifs is 2. The number of nitrogens with zero attached hydrogens (tertiary/aromatic N) is 2. The van der Waals surface area contributed by atoms with Gasteiger partial charge in [0.2, 0.25) is 0 Å². The van der Waals surface area contributed by atoms with E-state index in [2.05, 4.69) is 11.9 Å². The molecule has 158 valence electrons. The molecule has 6 heteroatoms. The van der Waals surface area contributed by atoms with Gasteiger partial charge in [0.25, 0.3) is 5.56 Å². The first-order valence-corrected chi connectivity index (χ1v) is 11.5. The van der Waals surface area contributed by atoms with Crippen molar-refractivity contribution in [3.05, 3.63) is 100 Å². The molecule has 0 fully saturated rings. The summed E-state index contributed by atoms with van der Waals surface area (Å²) in [6.45, 7) is 2.09. The lowest BCUT2D eigenvalue weighted by Gasteiger charge is -2.13. The van der Waals surface area contributed by atoms with E-state index in [1.54, 1.807) is 16.8 Å². The Bertz CT molecular complexity index is 1500. The molecular weight excluding hydrogens is 418 g/mol. The van der Waals surface area contributed by atoms with Gasteiger partial charge in [0.1, 0.15) is 0 Å². The molecule has 0 saturated carbocycles. The number of ketones is 1. The topological polar surface area (TPSA) is 67.8 Å². The van der Waals surface area contributed by atoms with Crippen LogP contribution in [0.3, 0.4) is 0 Å². The van der Waals surface area contributed by atoms with Gasteiger partial charge in [-0.1, -0.05) is 61.2 Å². The molecule has 0 spiro atoms. The molecule has 1 N–H and O–H groups in total. The number of carbonyl (C=O) groups is 1. The van der Waals surface area contributed by atoms with Crippen molar-refractivity contribution in [2.24, 2.45) is 0 Å². The highest BCUT2D eigenvalue weighted by atomic mass is 32.2. The Morgan fingerprint density at radius 3 is 2.47 bits per heavy atom. The number of aryl methyl sites for hydroxylation is 1. The normalized spacial score (nSPS) is 11.3. The Hall–Kier alpha value is -3.64. The second-order valence-corrected chi connectivity index (χ2v) is 8.47. The molecule has 0 atom stereocenters. The van der Waals surface area contributed by atoms with Gasteiger partial charge in [-0.25, -0.2) is 4.98 Å². The van der Waals surface area contributed by atoms with E-state index in [0.29, 0.717) is 21.6 Å². The fourth-order valence-electron chi connectivity index (χ4n) is 3.83. The minimum atomic E-state index is -0.137. The van der Waals surface area contributed by atoms with Crippen molar-refractivity contribution in [1.29, 1.82) is 0 Å². The standard InChI is InChI=1S/C26H21N3O2S/c1-2-17-11-13-18(14-12-17)29-25(31)20-8-4-6-10-23(20)28-26(29)32-16-24(30)21-15-27-22-9-5-3-7-19(21)22/h3-15,27H,2,16H2,1H3. The number of nitrogens with one attached hydrogen (secondary N) is 1. The average molecular weight is 440 g/mol. The van der Waals surface area contributed by atoms with Gasteiger partial charge in [-0.05, 0) is 42.3 Å². The highest BCUT2D eigenvalue weighted by Crippen LogP contribution is 2.25. The number of thioether (sulfide) groups is 1. The van der Waals surface area contributed by atoms with Gasteiger partial charge in [0.15, 0.2) is 10.9 Å². The van der Waals surface area contributed by atoms with Crippen LogP contribution in [0, 0.1) is 0 Å². The van der Waals surface area contributed by atoms with Crippen molar-refractivity contribution < 1.29 is 4.79 Å². The largest absolute Gasteiger partial charge is 0.360 e. The van der Waals surface area contributed by atoms with E-state index in [9.17, 15) is 9.59 Å². The van der Waals surface area contributed by atoms with Crippen molar-refractivity contribution in [1.82, 2.24) is 14.5 Å². The predicted molar refractivity (Wildman–Crippen MR) is 130 cm³/mol. The number of aromatic nitrogens is 3. The van der Waals surface area contributed by atoms with Gasteiger partial charge in [-0.3, -0.25) is 14.2 Å². The maximum Gasteiger partial charge on any atom is 0.266 e. The van der Waals surface area contributed by atoms with Crippen molar-refractivity contribution in [2.75, 3.05) is 5.75 Å². The number of Topliss-reactive ketones (excluding diaryl/α,β-unsaturated/α-hetero) is 1. The molecule has 3 aromatic carbocycles. The van der Waals surface area contributed by atoms with Crippen molar-refractivity contribution in [2.45, 2.75) is 18.5 Å². The van der Waals surface area contributed by atoms with Crippen LogP contribution >= 0.6 is 11.8 Å². The molecule has 0 saturated heterocycles. The Kier molecular flexibility index (Phi) is 5.37. The highest BCUT2D eigenvalue weighted by Gasteiger charge is 2.17. The van der Waals surface area contributed by atoms with Crippen LogP contribution in [0.1, 0.15) is 22.8 Å². The molecule has 0 bridgehead atoms. The van der Waals surface area contributed by atoms with E-state index in [1.807, 2.05) is 66.7 Å². The van der Waals surface area contributed by atoms with Gasteiger partial charge >= 0.3 is 0 Å². The molecule has 32 heavy (non-hydrogen) atoms. The molecule has 0 unspecified atom stereocenters. The third-order valence-electron chi connectivity index (χ3n) is 5.57. The van der Waals surface area contributed by atoms with Crippen LogP contribution in [0.15, 0.2) is 88.9 Å². The minimum absolute atomic E-state index is 0.0114. The lowest BCUT2D eigenvalue weighted by molar-refractivity contribution is 0.102. The summed E-state index contributed by atoms with van der Waals surface area (Å²) in [6, 6.07) is 22.9. The zero-order chi connectivity index (χ0) is 22.1. The lowest BCUT2D eigenvalue weighted by atomic mass is 10.1. The minimum Gasteiger partial charge on any atom is -0.360 e. The van der Waals surface area contributed by atoms with Crippen LogP contribution in [-0.4, -0.2) is 26.1 Å². The summed E-state index contributed by atoms with van der Waals surface area (Å²) in [7, 11) is 0. The second kappa shape index (κ2) is 8.48. The summed E-state index contributed by atoms with van der Waals surface area (Å²) in [5.74, 6) is 0.169. The number of benzene rings is 3. The Morgan fingerprint density at radius 1 is 0.969 bits per heavy atom. The van der Waals surface area contributed by atoms with Crippen LogP contribution in [0.25, 0.3) is 27.5 Å². The van der Waals surface area contributed by atoms with E-state index >= 15 is 0 Å². The van der Waals surface area contributed by atoms with Gasteiger partial charge in [0, 0.05) is 22.7 Å². The number of aromatic amines is 1. The second-order valence-electron chi connectivity index (χ2n) is 7.53. The first kappa shape index (κ1) is 20.3. The maximum atomic E-state index is 13.4. The van der Waals surface area contributed by atoms with E-state index < -0.39 is 0 Å². The smallest absolute Gasteiger partial charge is 0.266 e. The number of H-pyrrole nitrogens is 1. The fourth-order valence-corrected chi connectivity index (χ4v) is 4.72. The molecule has 5 aromatic rings. The summed E-state index contributed by atoms with van der Waals surface area (Å²) in [5.41, 5.74) is 4.00. The molecule has 5 nitrogen and oxygen atoms in total. The number of hydrogen-bond acceptors (Lipinski definition) is 4. The first-order chi connectivity index (χ1) is 15.7. The van der Waals surface area contributed by atoms with Crippen molar-refractivity contribution in [3.63, 3.8) is 0 Å². The van der Waals surface area contributed by atoms with E-state index in [1.165, 1.54) is 17.3 Å². The number of para-hydroxylation sites is 2. The Balaban J connectivity index is 1.55. The molecule has 5 rings (SSSR count). The molecule has 2 heterocycles. The predicted octanol–water partition coefficient (Wildman–Crippen LogP) is 5.40. The van der Waals surface area contributed by atoms with Gasteiger partial charge in [0.05, 0.1) is 22.3 Å². The molecule has 0 aliphatic heterocycles. The van der Waals surface area contributed by atoms with Gasteiger partial charge in [-0.2, -0.15) is 0 Å². The quantitative estimate of drug-likeness (QED) is 0.218. The van der Waals surface area contributed by atoms with Crippen LogP contribution in [-0.2, 0) is 6.42 Å². The zero-order valence-electron chi connectivity index (χ0n) is 17.5. The van der Waals surface area contributed by atoms with E-state index in [-0.39, 0.29) is 17.1 Å². The van der Waals surface area contributed by atoms with Gasteiger partial charge in [-0.15, -0.1) is 0 Å². The van der Waals surface area contributed by atoms with Crippen LogP contribution in [0.4, 0.5) is 0 Å². The zero-order valence-corrected chi connectivity index (χ0v) is 18.4. The molecule has 0 amide bonds. The summed E-state index contributed by atoms with van der Waals surface area (Å²) in [4.78, 5) is 34.3. The van der Waals surface area contributed by atoms with Crippen molar-refractivity contribution in [3.8, 4) is 5.69 Å². The summed E-state index contributed by atoms with van der Waals surface area (Å²) >= 11 is 1.28. The number of hydrogen-bond donors (Lipinski definition) is 1. The first-order valence-electron chi connectivity index (χ1n) is 10.5. The molecule has 0 aliphatic carbocycles. The molecular formula is C26H21N3O2S. The monoisotopic (exact) mass is 439 g/mol. The van der Waals surface area contributed by atoms with Crippen LogP contribution in [0.2, 0.25) is 0 Å². The number of carbonyl (C=O) groups excluding carboxylic acids is 1. The number of rotatable bonds is 6. The Morgan fingerprint density at radius 2 is 1.69 bits per heavy atom. The third kappa shape index (κ3) is 3.63. The SMILES string of the molecule is CCc1ccc(-n2c(SCC(=O)c3c[nH]c4ccccc34)nc3ccccc3c2=O)cc1. The van der Waals surface area contributed by atoms with Gasteiger partial charge < -0.3 is 4.98 Å². The maximum absolute atomic E-state index is 13.4. The Labute approximate surface area is 189 Å². The molecule has 0 aliphatic rings. The fraction of sp³-hybridized carbons (Fsp3) is 0.115. The van der Waals surface area contributed by atoms with E-state index in [0.717, 1.165) is 23.0 Å². The highest BCUT2D eigenvalue weighted by molar-refractivity contribution is 7.99. The van der Waals surface area contributed by atoms with Crippen LogP contribution < -0.4 is 5.56 Å². The third-order valence-corrected chi connectivity index (χ3v) is 6.51. The summed E-state index contributed by atoms with van der Waals surface area (Å²) < 4.78 is 1.61.